The van der Waals surface area contributed by atoms with Crippen molar-refractivity contribution in [2.45, 2.75) is 40.0 Å². The van der Waals surface area contributed by atoms with Crippen molar-refractivity contribution in [3.8, 4) is 11.5 Å². The van der Waals surface area contributed by atoms with E-state index in [0.29, 0.717) is 23.8 Å². The summed E-state index contributed by atoms with van der Waals surface area (Å²) in [7, 11) is 0. The molecule has 0 radical (unpaired) electrons. The van der Waals surface area contributed by atoms with Gasteiger partial charge in [0.1, 0.15) is 11.5 Å². The van der Waals surface area contributed by atoms with Gasteiger partial charge in [-0.2, -0.15) is 0 Å². The number of hydrogen-bond donors (Lipinski definition) is 2. The van der Waals surface area contributed by atoms with Gasteiger partial charge < -0.3 is 10.2 Å². The number of phenols is 2. The van der Waals surface area contributed by atoms with Crippen molar-refractivity contribution in [3.63, 3.8) is 0 Å². The summed E-state index contributed by atoms with van der Waals surface area (Å²) in [5.74, 6) is 1.07. The fourth-order valence-electron chi connectivity index (χ4n) is 2.55. The van der Waals surface area contributed by atoms with E-state index in [-0.39, 0.29) is 0 Å². The van der Waals surface area contributed by atoms with E-state index in [1.54, 1.807) is 18.2 Å². The van der Waals surface area contributed by atoms with Gasteiger partial charge in [-0.05, 0) is 65.8 Å². The van der Waals surface area contributed by atoms with Crippen LogP contribution in [0.15, 0.2) is 30.3 Å². The van der Waals surface area contributed by atoms with Crippen molar-refractivity contribution in [2.24, 2.45) is 0 Å². The minimum Gasteiger partial charge on any atom is -0.508 e. The Morgan fingerprint density at radius 3 is 2.10 bits per heavy atom. The smallest absolute Gasteiger partial charge is 0.119 e. The van der Waals surface area contributed by atoms with E-state index in [4.69, 9.17) is 0 Å². The summed E-state index contributed by atoms with van der Waals surface area (Å²) in [6.45, 7) is 8.28. The predicted octanol–water partition coefficient (Wildman–Crippen LogP) is 4.43. The maximum absolute atomic E-state index is 10.1. The Balaban J connectivity index is 2.42. The molecular weight excluding hydrogens is 248 g/mol. The number of benzene rings is 2. The molecule has 2 heteroatoms. The standard InChI is InChI=1S/C18H22O2/c1-11(2)14-5-6-18(20)15(9-14)10-17-12(3)7-16(19)8-13(17)4/h5-9,11,19-20H,10H2,1-4H3. The van der Waals surface area contributed by atoms with Gasteiger partial charge in [0.2, 0.25) is 0 Å². The Labute approximate surface area is 120 Å². The molecule has 0 unspecified atom stereocenters. The van der Waals surface area contributed by atoms with Crippen molar-refractivity contribution in [1.82, 2.24) is 0 Å². The molecule has 2 nitrogen and oxygen atoms in total. The maximum Gasteiger partial charge on any atom is 0.119 e. The highest BCUT2D eigenvalue weighted by atomic mass is 16.3. The van der Waals surface area contributed by atoms with Crippen LogP contribution in [0.3, 0.4) is 0 Å². The molecule has 0 spiro atoms. The molecule has 0 aliphatic rings. The summed E-state index contributed by atoms with van der Waals surface area (Å²) in [5, 5.41) is 19.7. The monoisotopic (exact) mass is 270 g/mol. The largest absolute Gasteiger partial charge is 0.508 e. The Hall–Kier alpha value is -1.96. The summed E-state index contributed by atoms with van der Waals surface area (Å²) in [6.07, 6.45) is 0.685. The molecule has 2 aromatic rings. The highest BCUT2D eigenvalue weighted by molar-refractivity contribution is 5.46. The summed E-state index contributed by atoms with van der Waals surface area (Å²) in [6, 6.07) is 9.36. The molecule has 0 aliphatic carbocycles. The maximum atomic E-state index is 10.1. The second-order valence-corrected chi connectivity index (χ2v) is 5.78. The quantitative estimate of drug-likeness (QED) is 0.866. The predicted molar refractivity (Wildman–Crippen MR) is 82.6 cm³/mol. The number of hydrogen-bond acceptors (Lipinski definition) is 2. The topological polar surface area (TPSA) is 40.5 Å². The molecule has 2 N–H and O–H groups in total. The average Bonchev–Trinajstić information content (AvgIpc) is 2.35. The molecule has 106 valence electrons. The third-order valence-electron chi connectivity index (χ3n) is 3.82. The van der Waals surface area contributed by atoms with Crippen LogP contribution in [0.25, 0.3) is 0 Å². The first-order chi connectivity index (χ1) is 9.38. The summed E-state index contributed by atoms with van der Waals surface area (Å²) in [4.78, 5) is 0. The van der Waals surface area contributed by atoms with Gasteiger partial charge in [0, 0.05) is 6.42 Å². The number of aromatic hydroxyl groups is 2. The Bertz CT molecular complexity index is 604. The Kier molecular flexibility index (Phi) is 4.03. The van der Waals surface area contributed by atoms with Crippen LogP contribution < -0.4 is 0 Å². The molecule has 0 saturated carbocycles. The highest BCUT2D eigenvalue weighted by Gasteiger charge is 2.10. The van der Waals surface area contributed by atoms with Crippen LogP contribution >= 0.6 is 0 Å². The molecule has 0 saturated heterocycles. The van der Waals surface area contributed by atoms with Crippen LogP contribution in [0.4, 0.5) is 0 Å². The van der Waals surface area contributed by atoms with E-state index < -0.39 is 0 Å². The molecule has 0 aromatic heterocycles. The van der Waals surface area contributed by atoms with Gasteiger partial charge in [-0.25, -0.2) is 0 Å². The lowest BCUT2D eigenvalue weighted by Gasteiger charge is -2.14. The molecule has 2 aromatic carbocycles. The molecule has 0 atom stereocenters. The molecule has 0 aliphatic heterocycles. The Morgan fingerprint density at radius 2 is 1.55 bits per heavy atom. The first-order valence-electron chi connectivity index (χ1n) is 6.99. The van der Waals surface area contributed by atoms with Crippen molar-refractivity contribution in [2.75, 3.05) is 0 Å². The fourth-order valence-corrected chi connectivity index (χ4v) is 2.55. The van der Waals surface area contributed by atoms with E-state index in [2.05, 4.69) is 19.9 Å². The van der Waals surface area contributed by atoms with Gasteiger partial charge in [-0.15, -0.1) is 0 Å². The van der Waals surface area contributed by atoms with E-state index in [1.807, 2.05) is 19.9 Å². The summed E-state index contributed by atoms with van der Waals surface area (Å²) < 4.78 is 0. The van der Waals surface area contributed by atoms with Crippen molar-refractivity contribution < 1.29 is 10.2 Å². The average molecular weight is 270 g/mol. The zero-order chi connectivity index (χ0) is 14.9. The molecule has 0 amide bonds. The zero-order valence-electron chi connectivity index (χ0n) is 12.6. The lowest BCUT2D eigenvalue weighted by molar-refractivity contribution is 0.468. The number of aryl methyl sites for hydroxylation is 2. The first-order valence-corrected chi connectivity index (χ1v) is 6.99. The SMILES string of the molecule is Cc1cc(O)cc(C)c1Cc1cc(C(C)C)ccc1O. The summed E-state index contributed by atoms with van der Waals surface area (Å²) in [5.41, 5.74) is 5.44. The van der Waals surface area contributed by atoms with E-state index in [1.165, 1.54) is 11.1 Å². The lowest BCUT2D eigenvalue weighted by atomic mass is 9.93. The molecule has 0 bridgehead atoms. The third-order valence-corrected chi connectivity index (χ3v) is 3.82. The van der Waals surface area contributed by atoms with Crippen molar-refractivity contribution >= 4 is 0 Å². The van der Waals surface area contributed by atoms with Gasteiger partial charge in [0.25, 0.3) is 0 Å². The second kappa shape index (κ2) is 5.58. The van der Waals surface area contributed by atoms with E-state index in [9.17, 15) is 10.2 Å². The van der Waals surface area contributed by atoms with E-state index >= 15 is 0 Å². The van der Waals surface area contributed by atoms with Crippen LogP contribution in [-0.4, -0.2) is 10.2 Å². The van der Waals surface area contributed by atoms with Crippen molar-refractivity contribution in [3.05, 3.63) is 58.1 Å². The van der Waals surface area contributed by atoms with Crippen LogP contribution in [0.1, 0.15) is 47.6 Å². The molecule has 2 rings (SSSR count). The number of phenolic OH excluding ortho intramolecular Hbond substituents is 2. The lowest BCUT2D eigenvalue weighted by Crippen LogP contribution is -1.98. The molecule has 0 heterocycles. The number of rotatable bonds is 3. The van der Waals surface area contributed by atoms with E-state index in [0.717, 1.165) is 16.7 Å². The minimum atomic E-state index is 0.295. The normalized spacial score (nSPS) is 11.1. The third kappa shape index (κ3) is 2.96. The molecule has 0 fully saturated rings. The van der Waals surface area contributed by atoms with Gasteiger partial charge in [-0.3, -0.25) is 0 Å². The van der Waals surface area contributed by atoms with Crippen LogP contribution in [0.5, 0.6) is 11.5 Å². The minimum absolute atomic E-state index is 0.295. The first kappa shape index (κ1) is 14.4. The van der Waals surface area contributed by atoms with Gasteiger partial charge in [-0.1, -0.05) is 26.0 Å². The molecular formula is C18H22O2. The zero-order valence-corrected chi connectivity index (χ0v) is 12.6. The second-order valence-electron chi connectivity index (χ2n) is 5.78. The molecule has 20 heavy (non-hydrogen) atoms. The van der Waals surface area contributed by atoms with Crippen molar-refractivity contribution in [1.29, 1.82) is 0 Å². The highest BCUT2D eigenvalue weighted by Crippen LogP contribution is 2.29. The van der Waals surface area contributed by atoms with Crippen LogP contribution in [0.2, 0.25) is 0 Å². The van der Waals surface area contributed by atoms with Crippen LogP contribution in [0, 0.1) is 13.8 Å². The van der Waals surface area contributed by atoms with Crippen LogP contribution in [-0.2, 0) is 6.42 Å². The fraction of sp³-hybridized carbons (Fsp3) is 0.333. The van der Waals surface area contributed by atoms with Gasteiger partial charge in [0.05, 0.1) is 0 Å². The summed E-state index contributed by atoms with van der Waals surface area (Å²) >= 11 is 0. The Morgan fingerprint density at radius 1 is 0.950 bits per heavy atom. The van der Waals surface area contributed by atoms with Gasteiger partial charge >= 0.3 is 0 Å². The van der Waals surface area contributed by atoms with Gasteiger partial charge in [0.15, 0.2) is 0 Å².